The number of hydrogen-bond donors (Lipinski definition) is 2. The number of nitrogens with zero attached hydrogens (tertiary/aromatic N) is 1. The Balaban J connectivity index is 1.66. The predicted molar refractivity (Wildman–Crippen MR) is 109 cm³/mol. The third-order valence-electron chi connectivity index (χ3n) is 3.51. The van der Waals surface area contributed by atoms with Crippen LogP contribution in [-0.2, 0) is 0 Å². The molecule has 2 N–H and O–H groups in total. The Labute approximate surface area is 160 Å². The first-order valence-electron chi connectivity index (χ1n) is 8.09. The SMILES string of the molecule is CCOc1ccc(Nc2nc(C(=O)Nc3ccccc3SC)cs2)cc1. The highest BCUT2D eigenvalue weighted by atomic mass is 32.2. The number of carbonyl (C=O) groups excluding carboxylic acids is 1. The second-order valence-corrected chi connectivity index (χ2v) is 6.98. The molecule has 0 fully saturated rings. The van der Waals surface area contributed by atoms with Gasteiger partial charge in [0.25, 0.3) is 5.91 Å². The summed E-state index contributed by atoms with van der Waals surface area (Å²) in [6, 6.07) is 15.3. The highest BCUT2D eigenvalue weighted by molar-refractivity contribution is 7.98. The molecule has 1 aromatic heterocycles. The van der Waals surface area contributed by atoms with Crippen molar-refractivity contribution in [3.63, 3.8) is 0 Å². The highest BCUT2D eigenvalue weighted by Gasteiger charge is 2.13. The molecule has 5 nitrogen and oxygen atoms in total. The zero-order valence-corrected chi connectivity index (χ0v) is 16.1. The monoisotopic (exact) mass is 385 g/mol. The van der Waals surface area contributed by atoms with Crippen molar-refractivity contribution >= 4 is 45.5 Å². The number of carbonyl (C=O) groups is 1. The van der Waals surface area contributed by atoms with E-state index < -0.39 is 0 Å². The molecule has 1 amide bonds. The van der Waals surface area contributed by atoms with Crippen LogP contribution in [0.15, 0.2) is 58.8 Å². The summed E-state index contributed by atoms with van der Waals surface area (Å²) in [4.78, 5) is 17.8. The molecule has 134 valence electrons. The van der Waals surface area contributed by atoms with E-state index in [-0.39, 0.29) is 5.91 Å². The maximum atomic E-state index is 12.4. The largest absolute Gasteiger partial charge is 0.494 e. The molecule has 0 aliphatic rings. The van der Waals surface area contributed by atoms with Crippen LogP contribution in [-0.4, -0.2) is 23.8 Å². The Morgan fingerprint density at radius 3 is 2.69 bits per heavy atom. The van der Waals surface area contributed by atoms with Gasteiger partial charge in [0.1, 0.15) is 11.4 Å². The average Bonchev–Trinajstić information content (AvgIpc) is 3.13. The first-order chi connectivity index (χ1) is 12.7. The van der Waals surface area contributed by atoms with E-state index in [9.17, 15) is 4.79 Å². The van der Waals surface area contributed by atoms with E-state index in [1.165, 1.54) is 11.3 Å². The molecular weight excluding hydrogens is 366 g/mol. The fourth-order valence-electron chi connectivity index (χ4n) is 2.29. The first kappa shape index (κ1) is 18.3. The van der Waals surface area contributed by atoms with Gasteiger partial charge in [0.05, 0.1) is 12.3 Å². The predicted octanol–water partition coefficient (Wildman–Crippen LogP) is 5.26. The van der Waals surface area contributed by atoms with Gasteiger partial charge in [-0.15, -0.1) is 23.1 Å². The van der Waals surface area contributed by atoms with E-state index in [2.05, 4.69) is 15.6 Å². The van der Waals surface area contributed by atoms with Crippen LogP contribution in [0.2, 0.25) is 0 Å². The molecule has 0 radical (unpaired) electrons. The number of hydrogen-bond acceptors (Lipinski definition) is 6. The van der Waals surface area contributed by atoms with E-state index in [1.54, 1.807) is 17.1 Å². The summed E-state index contributed by atoms with van der Waals surface area (Å²) >= 11 is 2.98. The molecule has 26 heavy (non-hydrogen) atoms. The van der Waals surface area contributed by atoms with E-state index in [0.717, 1.165) is 22.0 Å². The molecule has 3 rings (SSSR count). The Morgan fingerprint density at radius 2 is 1.96 bits per heavy atom. The quantitative estimate of drug-likeness (QED) is 0.543. The molecule has 0 saturated carbocycles. The Kier molecular flexibility index (Phi) is 6.14. The fraction of sp³-hybridized carbons (Fsp3) is 0.158. The van der Waals surface area contributed by atoms with Crippen LogP contribution in [0.4, 0.5) is 16.5 Å². The zero-order chi connectivity index (χ0) is 18.4. The number of nitrogens with one attached hydrogen (secondary N) is 2. The molecular formula is C19H19N3O2S2. The lowest BCUT2D eigenvalue weighted by molar-refractivity contribution is 0.102. The van der Waals surface area contributed by atoms with Crippen LogP contribution in [0.25, 0.3) is 0 Å². The van der Waals surface area contributed by atoms with Gasteiger partial charge in [-0.25, -0.2) is 4.98 Å². The Hall–Kier alpha value is -2.51. The first-order valence-corrected chi connectivity index (χ1v) is 10.2. The molecule has 0 saturated heterocycles. The Morgan fingerprint density at radius 1 is 1.19 bits per heavy atom. The van der Waals surface area contributed by atoms with Crippen LogP contribution in [0, 0.1) is 0 Å². The number of para-hydroxylation sites is 1. The number of ether oxygens (including phenoxy) is 1. The molecule has 0 bridgehead atoms. The summed E-state index contributed by atoms with van der Waals surface area (Å²) in [5, 5.41) is 8.53. The van der Waals surface area contributed by atoms with Gasteiger partial charge in [0.15, 0.2) is 5.13 Å². The molecule has 2 aromatic carbocycles. The van der Waals surface area contributed by atoms with Crippen LogP contribution in [0.5, 0.6) is 5.75 Å². The molecule has 7 heteroatoms. The standard InChI is InChI=1S/C19H19N3O2S2/c1-3-24-14-10-8-13(9-11-14)20-19-22-16(12-26-19)18(23)21-15-6-4-5-7-17(15)25-2/h4-12H,3H2,1-2H3,(H,20,22)(H,21,23). The summed E-state index contributed by atoms with van der Waals surface area (Å²) < 4.78 is 5.43. The normalized spacial score (nSPS) is 10.4. The minimum Gasteiger partial charge on any atom is -0.494 e. The van der Waals surface area contributed by atoms with E-state index >= 15 is 0 Å². The summed E-state index contributed by atoms with van der Waals surface area (Å²) in [6.07, 6.45) is 1.98. The van der Waals surface area contributed by atoms with Crippen molar-refractivity contribution in [3.05, 3.63) is 59.6 Å². The van der Waals surface area contributed by atoms with Gasteiger partial charge >= 0.3 is 0 Å². The summed E-state index contributed by atoms with van der Waals surface area (Å²) in [5.74, 6) is 0.604. The summed E-state index contributed by atoms with van der Waals surface area (Å²) in [7, 11) is 0. The van der Waals surface area contributed by atoms with E-state index in [4.69, 9.17) is 4.74 Å². The number of rotatable bonds is 7. The number of anilines is 3. The lowest BCUT2D eigenvalue weighted by Crippen LogP contribution is -2.13. The minimum absolute atomic E-state index is 0.220. The van der Waals surface area contributed by atoms with Crippen LogP contribution in [0.3, 0.4) is 0 Å². The number of aromatic nitrogens is 1. The van der Waals surface area contributed by atoms with Gasteiger partial charge in [-0.05, 0) is 49.6 Å². The van der Waals surface area contributed by atoms with Crippen molar-refractivity contribution in [2.24, 2.45) is 0 Å². The van der Waals surface area contributed by atoms with Crippen molar-refractivity contribution < 1.29 is 9.53 Å². The van der Waals surface area contributed by atoms with Gasteiger partial charge in [-0.3, -0.25) is 4.79 Å². The van der Waals surface area contributed by atoms with Crippen molar-refractivity contribution in [3.8, 4) is 5.75 Å². The van der Waals surface area contributed by atoms with Crippen molar-refractivity contribution in [2.45, 2.75) is 11.8 Å². The number of thioether (sulfide) groups is 1. The molecule has 0 aliphatic carbocycles. The fourth-order valence-corrected chi connectivity index (χ4v) is 3.56. The molecule has 0 spiro atoms. The molecule has 1 heterocycles. The minimum atomic E-state index is -0.220. The smallest absolute Gasteiger partial charge is 0.275 e. The van der Waals surface area contributed by atoms with Gasteiger partial charge in [-0.1, -0.05) is 12.1 Å². The molecule has 0 unspecified atom stereocenters. The maximum Gasteiger partial charge on any atom is 0.275 e. The molecule has 0 aliphatic heterocycles. The summed E-state index contributed by atoms with van der Waals surface area (Å²) in [6.45, 7) is 2.59. The highest BCUT2D eigenvalue weighted by Crippen LogP contribution is 2.26. The third kappa shape index (κ3) is 4.56. The lowest BCUT2D eigenvalue weighted by Gasteiger charge is -2.07. The summed E-state index contributed by atoms with van der Waals surface area (Å²) in [5.41, 5.74) is 2.07. The van der Waals surface area contributed by atoms with Crippen LogP contribution < -0.4 is 15.4 Å². The number of benzene rings is 2. The number of amides is 1. The topological polar surface area (TPSA) is 63.2 Å². The van der Waals surface area contributed by atoms with Gasteiger partial charge in [0.2, 0.25) is 0 Å². The van der Waals surface area contributed by atoms with Crippen molar-refractivity contribution in [2.75, 3.05) is 23.5 Å². The Bertz CT molecular complexity index is 879. The van der Waals surface area contributed by atoms with E-state index in [0.29, 0.717) is 17.4 Å². The van der Waals surface area contributed by atoms with Crippen LogP contribution in [0.1, 0.15) is 17.4 Å². The third-order valence-corrected chi connectivity index (χ3v) is 5.06. The molecule has 0 atom stereocenters. The van der Waals surface area contributed by atoms with Crippen molar-refractivity contribution in [1.82, 2.24) is 4.98 Å². The van der Waals surface area contributed by atoms with Gasteiger partial charge < -0.3 is 15.4 Å². The molecule has 3 aromatic rings. The lowest BCUT2D eigenvalue weighted by atomic mass is 10.3. The average molecular weight is 386 g/mol. The van der Waals surface area contributed by atoms with Gasteiger partial charge in [0, 0.05) is 16.0 Å². The van der Waals surface area contributed by atoms with Crippen molar-refractivity contribution in [1.29, 1.82) is 0 Å². The van der Waals surface area contributed by atoms with Gasteiger partial charge in [-0.2, -0.15) is 0 Å². The zero-order valence-electron chi connectivity index (χ0n) is 14.5. The second-order valence-electron chi connectivity index (χ2n) is 5.27. The second kappa shape index (κ2) is 8.73. The van der Waals surface area contributed by atoms with Crippen LogP contribution >= 0.6 is 23.1 Å². The maximum absolute atomic E-state index is 12.4. The number of thiazole rings is 1. The van der Waals surface area contributed by atoms with E-state index in [1.807, 2.05) is 61.7 Å².